The Morgan fingerprint density at radius 2 is 1.74 bits per heavy atom. The molecule has 0 spiro atoms. The number of piperidine rings is 1. The lowest BCUT2D eigenvalue weighted by Gasteiger charge is -2.34. The molecular formula is C17H25N3O2S. The van der Waals surface area contributed by atoms with Gasteiger partial charge in [0.05, 0.1) is 11.4 Å². The molecule has 2 heterocycles. The monoisotopic (exact) mass is 335 g/mol. The topological polar surface area (TPSA) is 55.2 Å². The molecule has 2 aliphatic rings. The van der Waals surface area contributed by atoms with E-state index >= 15 is 0 Å². The summed E-state index contributed by atoms with van der Waals surface area (Å²) in [5, 5.41) is 4.25. The molecule has 23 heavy (non-hydrogen) atoms. The van der Waals surface area contributed by atoms with E-state index in [2.05, 4.69) is 29.4 Å². The molecule has 1 aliphatic carbocycles. The summed E-state index contributed by atoms with van der Waals surface area (Å²) in [6, 6.07) is 0. The van der Waals surface area contributed by atoms with Crippen molar-refractivity contribution in [3.63, 3.8) is 0 Å². The van der Waals surface area contributed by atoms with Gasteiger partial charge in [-0.3, -0.25) is 4.68 Å². The maximum absolute atomic E-state index is 13.0. The third-order valence-corrected chi connectivity index (χ3v) is 7.22. The van der Waals surface area contributed by atoms with E-state index in [0.29, 0.717) is 41.2 Å². The van der Waals surface area contributed by atoms with Gasteiger partial charge in [-0.1, -0.05) is 24.3 Å². The van der Waals surface area contributed by atoms with Crippen LogP contribution < -0.4 is 0 Å². The molecule has 0 amide bonds. The van der Waals surface area contributed by atoms with Gasteiger partial charge in [0.15, 0.2) is 0 Å². The van der Waals surface area contributed by atoms with Crippen molar-refractivity contribution in [2.24, 2.45) is 18.9 Å². The van der Waals surface area contributed by atoms with Gasteiger partial charge in [0.2, 0.25) is 10.0 Å². The fourth-order valence-corrected chi connectivity index (χ4v) is 5.56. The van der Waals surface area contributed by atoms with Crippen LogP contribution in [0.25, 0.3) is 0 Å². The second-order valence-corrected chi connectivity index (χ2v) is 8.41. The Morgan fingerprint density at radius 1 is 1.13 bits per heavy atom. The Balaban J connectivity index is 1.75. The Bertz CT molecular complexity index is 726. The zero-order valence-electron chi connectivity index (χ0n) is 14.1. The molecular weight excluding hydrogens is 310 g/mol. The van der Waals surface area contributed by atoms with Gasteiger partial charge >= 0.3 is 0 Å². The Morgan fingerprint density at radius 3 is 2.26 bits per heavy atom. The number of sulfonamides is 1. The summed E-state index contributed by atoms with van der Waals surface area (Å²) in [5.74, 6) is 1.01. The lowest BCUT2D eigenvalue weighted by molar-refractivity contribution is 0.249. The molecule has 0 saturated carbocycles. The van der Waals surface area contributed by atoms with E-state index in [9.17, 15) is 8.42 Å². The quantitative estimate of drug-likeness (QED) is 0.798. The molecule has 0 unspecified atom stereocenters. The highest BCUT2D eigenvalue weighted by molar-refractivity contribution is 7.89. The zero-order chi connectivity index (χ0) is 16.6. The number of aromatic nitrogens is 2. The average Bonchev–Trinajstić information content (AvgIpc) is 2.81. The highest BCUT2D eigenvalue weighted by Crippen LogP contribution is 2.32. The lowest BCUT2D eigenvalue weighted by Crippen LogP contribution is -2.40. The molecule has 126 valence electrons. The number of aryl methyl sites for hydroxylation is 2. The third kappa shape index (κ3) is 3.02. The Labute approximate surface area is 138 Å². The van der Waals surface area contributed by atoms with Gasteiger partial charge in [-0.25, -0.2) is 8.42 Å². The van der Waals surface area contributed by atoms with Gasteiger partial charge in [-0.05, 0) is 44.9 Å². The first kappa shape index (κ1) is 16.5. The zero-order valence-corrected chi connectivity index (χ0v) is 14.9. The van der Waals surface area contributed by atoms with Crippen molar-refractivity contribution in [3.8, 4) is 0 Å². The summed E-state index contributed by atoms with van der Waals surface area (Å²) in [5.41, 5.74) is 1.30. The van der Waals surface area contributed by atoms with E-state index in [1.54, 1.807) is 23.0 Å². The summed E-state index contributed by atoms with van der Waals surface area (Å²) in [6.45, 7) is 4.78. The molecule has 0 N–H and O–H groups in total. The molecule has 1 aromatic heterocycles. The first-order valence-electron chi connectivity index (χ1n) is 8.25. The van der Waals surface area contributed by atoms with Crippen molar-refractivity contribution in [3.05, 3.63) is 35.7 Å². The summed E-state index contributed by atoms with van der Waals surface area (Å²) >= 11 is 0. The van der Waals surface area contributed by atoms with Crippen LogP contribution in [-0.2, 0) is 17.1 Å². The van der Waals surface area contributed by atoms with Gasteiger partial charge in [-0.15, -0.1) is 0 Å². The smallest absolute Gasteiger partial charge is 0.246 e. The number of hydrogen-bond acceptors (Lipinski definition) is 3. The third-order valence-electron chi connectivity index (χ3n) is 5.07. The van der Waals surface area contributed by atoms with Crippen molar-refractivity contribution < 1.29 is 8.42 Å². The van der Waals surface area contributed by atoms with Gasteiger partial charge in [0.1, 0.15) is 4.90 Å². The molecule has 0 radical (unpaired) electrons. The largest absolute Gasteiger partial charge is 0.271 e. The molecule has 0 atom stereocenters. The average molecular weight is 335 g/mol. The summed E-state index contributed by atoms with van der Waals surface area (Å²) in [4.78, 5) is 0.385. The first-order chi connectivity index (χ1) is 10.9. The van der Waals surface area contributed by atoms with Crippen molar-refractivity contribution in [2.45, 2.75) is 38.0 Å². The minimum atomic E-state index is -3.44. The summed E-state index contributed by atoms with van der Waals surface area (Å²) in [7, 11) is -1.66. The van der Waals surface area contributed by atoms with Crippen molar-refractivity contribution >= 4 is 10.0 Å². The highest BCUT2D eigenvalue weighted by atomic mass is 32.2. The maximum Gasteiger partial charge on any atom is 0.246 e. The summed E-state index contributed by atoms with van der Waals surface area (Å²) in [6.07, 6.45) is 11.8. The number of rotatable bonds is 3. The lowest BCUT2D eigenvalue weighted by atomic mass is 9.83. The van der Waals surface area contributed by atoms with Crippen LogP contribution in [0.15, 0.2) is 29.2 Å². The normalized spacial score (nSPS) is 21.2. The Hall–Kier alpha value is -1.40. The first-order valence-corrected chi connectivity index (χ1v) is 9.69. The van der Waals surface area contributed by atoms with Gasteiger partial charge in [0, 0.05) is 20.1 Å². The molecule has 3 rings (SSSR count). The van der Waals surface area contributed by atoms with Crippen LogP contribution in [0.5, 0.6) is 0 Å². The van der Waals surface area contributed by atoms with Crippen LogP contribution in [0.4, 0.5) is 0 Å². The van der Waals surface area contributed by atoms with E-state index in [-0.39, 0.29) is 0 Å². The predicted octanol–water partition coefficient (Wildman–Crippen LogP) is 2.57. The van der Waals surface area contributed by atoms with Crippen LogP contribution in [0.2, 0.25) is 0 Å². The summed E-state index contributed by atoms with van der Waals surface area (Å²) < 4.78 is 29.2. The number of nitrogens with zero attached hydrogens (tertiary/aromatic N) is 3. The molecule has 0 aromatic carbocycles. The van der Waals surface area contributed by atoms with E-state index in [0.717, 1.165) is 19.3 Å². The van der Waals surface area contributed by atoms with Gasteiger partial charge in [0.25, 0.3) is 0 Å². The molecule has 5 nitrogen and oxygen atoms in total. The van der Waals surface area contributed by atoms with Crippen LogP contribution >= 0.6 is 0 Å². The van der Waals surface area contributed by atoms with Crippen LogP contribution in [-0.4, -0.2) is 35.6 Å². The standard InChI is InChI=1S/C17H25N3O2S/c1-13-17(14(2)19(3)18-13)23(21,22)20-11-9-16(10-12-20)15-7-5-4-6-8-15/h5-8,15-16H,4,9-12H2,1-3H3. The van der Waals surface area contributed by atoms with Gasteiger partial charge < -0.3 is 0 Å². The van der Waals surface area contributed by atoms with Gasteiger partial charge in [-0.2, -0.15) is 9.40 Å². The molecule has 6 heteroatoms. The van der Waals surface area contributed by atoms with Crippen LogP contribution in [0, 0.1) is 25.7 Å². The number of hydrogen-bond donors (Lipinski definition) is 0. The van der Waals surface area contributed by atoms with Crippen molar-refractivity contribution in [1.29, 1.82) is 0 Å². The molecule has 1 fully saturated rings. The van der Waals surface area contributed by atoms with Crippen molar-refractivity contribution in [2.75, 3.05) is 13.1 Å². The predicted molar refractivity (Wildman–Crippen MR) is 90.6 cm³/mol. The second-order valence-electron chi connectivity index (χ2n) is 6.53. The fraction of sp³-hybridized carbons (Fsp3) is 0.588. The van der Waals surface area contributed by atoms with E-state index in [1.165, 1.54) is 0 Å². The van der Waals surface area contributed by atoms with Crippen LogP contribution in [0.1, 0.15) is 30.7 Å². The maximum atomic E-state index is 13.0. The highest BCUT2D eigenvalue weighted by Gasteiger charge is 2.34. The van der Waals surface area contributed by atoms with E-state index in [1.807, 2.05) is 6.92 Å². The van der Waals surface area contributed by atoms with Crippen LogP contribution in [0.3, 0.4) is 0 Å². The fourth-order valence-electron chi connectivity index (χ4n) is 3.69. The van der Waals surface area contributed by atoms with E-state index in [4.69, 9.17) is 0 Å². The molecule has 1 aromatic rings. The second kappa shape index (κ2) is 6.24. The number of allylic oxidation sites excluding steroid dienone is 4. The minimum absolute atomic E-state index is 0.385. The SMILES string of the molecule is Cc1nn(C)c(C)c1S(=O)(=O)N1CCC(C2C=CCC=C2)CC1. The Kier molecular flexibility index (Phi) is 4.47. The molecule has 1 aliphatic heterocycles. The molecule has 0 bridgehead atoms. The van der Waals surface area contributed by atoms with E-state index < -0.39 is 10.0 Å². The molecule has 1 saturated heterocycles. The van der Waals surface area contributed by atoms with Crippen molar-refractivity contribution in [1.82, 2.24) is 14.1 Å². The minimum Gasteiger partial charge on any atom is -0.271 e.